The summed E-state index contributed by atoms with van der Waals surface area (Å²) in [6, 6.07) is 1.94. The molecule has 0 spiro atoms. The lowest BCUT2D eigenvalue weighted by atomic mass is 9.87. The van der Waals surface area contributed by atoms with Crippen LogP contribution in [-0.2, 0) is 6.54 Å². The highest BCUT2D eigenvalue weighted by Gasteiger charge is 2.12. The normalized spacial score (nSPS) is 16.7. The van der Waals surface area contributed by atoms with Crippen LogP contribution in [0, 0.1) is 5.92 Å². The summed E-state index contributed by atoms with van der Waals surface area (Å²) in [6.45, 7) is 1.75. The second-order valence-electron chi connectivity index (χ2n) is 5.11. The van der Waals surface area contributed by atoms with E-state index in [2.05, 4.69) is 20.6 Å². The van der Waals surface area contributed by atoms with Gasteiger partial charge in [-0.15, -0.1) is 0 Å². The minimum atomic E-state index is 0.720. The predicted octanol–water partition coefficient (Wildman–Crippen LogP) is 2.58. The van der Waals surface area contributed by atoms with E-state index in [-0.39, 0.29) is 0 Å². The van der Waals surface area contributed by atoms with E-state index in [1.165, 1.54) is 38.5 Å². The molecule has 1 fully saturated rings. The summed E-state index contributed by atoms with van der Waals surface area (Å²) in [7, 11) is 1.91. The first kappa shape index (κ1) is 13.3. The SMILES string of the molecule is CNCc1nccc(NCCC2CCCCC2)n1. The number of rotatable bonds is 6. The minimum Gasteiger partial charge on any atom is -0.370 e. The molecule has 0 radical (unpaired) electrons. The fourth-order valence-corrected chi connectivity index (χ4v) is 2.62. The molecule has 4 nitrogen and oxygen atoms in total. The van der Waals surface area contributed by atoms with Crippen molar-refractivity contribution in [1.82, 2.24) is 15.3 Å². The molecule has 1 saturated carbocycles. The number of nitrogens with zero attached hydrogens (tertiary/aromatic N) is 2. The number of hydrogen-bond acceptors (Lipinski definition) is 4. The zero-order chi connectivity index (χ0) is 12.6. The summed E-state index contributed by atoms with van der Waals surface area (Å²) in [5.41, 5.74) is 0. The molecular formula is C14H24N4. The second kappa shape index (κ2) is 7.31. The van der Waals surface area contributed by atoms with Crippen molar-refractivity contribution in [3.05, 3.63) is 18.1 Å². The molecule has 1 aliphatic carbocycles. The smallest absolute Gasteiger partial charge is 0.144 e. The van der Waals surface area contributed by atoms with E-state index in [1.807, 2.05) is 19.3 Å². The van der Waals surface area contributed by atoms with Crippen LogP contribution < -0.4 is 10.6 Å². The van der Waals surface area contributed by atoms with E-state index < -0.39 is 0 Å². The highest BCUT2D eigenvalue weighted by atomic mass is 15.0. The summed E-state index contributed by atoms with van der Waals surface area (Å²) >= 11 is 0. The van der Waals surface area contributed by atoms with Gasteiger partial charge in [-0.2, -0.15) is 0 Å². The van der Waals surface area contributed by atoms with Crippen molar-refractivity contribution in [2.75, 3.05) is 18.9 Å². The number of aromatic nitrogens is 2. The maximum atomic E-state index is 4.46. The molecule has 0 bridgehead atoms. The maximum absolute atomic E-state index is 4.46. The van der Waals surface area contributed by atoms with Gasteiger partial charge >= 0.3 is 0 Å². The summed E-state index contributed by atoms with van der Waals surface area (Å²) < 4.78 is 0. The number of nitrogens with one attached hydrogen (secondary N) is 2. The van der Waals surface area contributed by atoms with Crippen LogP contribution in [0.2, 0.25) is 0 Å². The third kappa shape index (κ3) is 4.26. The van der Waals surface area contributed by atoms with Gasteiger partial charge in [0.2, 0.25) is 0 Å². The number of hydrogen-bond donors (Lipinski definition) is 2. The lowest BCUT2D eigenvalue weighted by Crippen LogP contribution is -2.14. The molecule has 0 aliphatic heterocycles. The number of anilines is 1. The Labute approximate surface area is 110 Å². The van der Waals surface area contributed by atoms with Crippen LogP contribution in [-0.4, -0.2) is 23.6 Å². The van der Waals surface area contributed by atoms with Crippen molar-refractivity contribution in [2.24, 2.45) is 5.92 Å². The van der Waals surface area contributed by atoms with Crippen LogP contribution in [0.4, 0.5) is 5.82 Å². The Hall–Kier alpha value is -1.16. The van der Waals surface area contributed by atoms with E-state index in [0.717, 1.165) is 30.6 Å². The largest absolute Gasteiger partial charge is 0.370 e. The summed E-state index contributed by atoms with van der Waals surface area (Å²) in [6.07, 6.45) is 10.2. The average molecular weight is 248 g/mol. The second-order valence-corrected chi connectivity index (χ2v) is 5.11. The molecule has 1 aliphatic rings. The summed E-state index contributed by atoms with van der Waals surface area (Å²) in [5, 5.41) is 6.48. The van der Waals surface area contributed by atoms with Crippen molar-refractivity contribution in [1.29, 1.82) is 0 Å². The lowest BCUT2D eigenvalue weighted by Gasteiger charge is -2.21. The van der Waals surface area contributed by atoms with Gasteiger partial charge in [-0.1, -0.05) is 32.1 Å². The standard InChI is InChI=1S/C14H24N4/c1-15-11-14-17-10-8-13(18-14)16-9-7-12-5-3-2-4-6-12/h8,10,12,15H,2-7,9,11H2,1H3,(H,16,17,18). The molecular weight excluding hydrogens is 224 g/mol. The molecule has 0 unspecified atom stereocenters. The average Bonchev–Trinajstić information content (AvgIpc) is 2.41. The molecule has 0 saturated heterocycles. The molecule has 1 heterocycles. The van der Waals surface area contributed by atoms with E-state index in [1.54, 1.807) is 0 Å². The fourth-order valence-electron chi connectivity index (χ4n) is 2.62. The van der Waals surface area contributed by atoms with Crippen LogP contribution in [0.5, 0.6) is 0 Å². The van der Waals surface area contributed by atoms with Gasteiger partial charge in [0.25, 0.3) is 0 Å². The summed E-state index contributed by atoms with van der Waals surface area (Å²) in [5.74, 6) is 2.72. The van der Waals surface area contributed by atoms with Crippen molar-refractivity contribution in [2.45, 2.75) is 45.1 Å². The third-order valence-electron chi connectivity index (χ3n) is 3.62. The Morgan fingerprint density at radius 3 is 2.89 bits per heavy atom. The maximum Gasteiger partial charge on any atom is 0.144 e. The van der Waals surface area contributed by atoms with E-state index in [4.69, 9.17) is 0 Å². The molecule has 4 heteroatoms. The highest BCUT2D eigenvalue weighted by Crippen LogP contribution is 2.26. The van der Waals surface area contributed by atoms with E-state index in [9.17, 15) is 0 Å². The molecule has 1 aromatic heterocycles. The zero-order valence-electron chi connectivity index (χ0n) is 11.3. The Morgan fingerprint density at radius 1 is 1.28 bits per heavy atom. The molecule has 18 heavy (non-hydrogen) atoms. The molecule has 0 amide bonds. The predicted molar refractivity (Wildman–Crippen MR) is 74.5 cm³/mol. The first-order valence-corrected chi connectivity index (χ1v) is 7.09. The Morgan fingerprint density at radius 2 is 2.11 bits per heavy atom. The van der Waals surface area contributed by atoms with Crippen molar-refractivity contribution in [3.63, 3.8) is 0 Å². The van der Waals surface area contributed by atoms with Crippen LogP contribution in [0.3, 0.4) is 0 Å². The van der Waals surface area contributed by atoms with Gasteiger partial charge in [0, 0.05) is 12.7 Å². The highest BCUT2D eigenvalue weighted by molar-refractivity contribution is 5.32. The molecule has 2 rings (SSSR count). The first-order chi connectivity index (χ1) is 8.88. The van der Waals surface area contributed by atoms with Gasteiger partial charge in [-0.25, -0.2) is 9.97 Å². The Kier molecular flexibility index (Phi) is 5.39. The Balaban J connectivity index is 1.73. The van der Waals surface area contributed by atoms with Crippen LogP contribution in [0.15, 0.2) is 12.3 Å². The van der Waals surface area contributed by atoms with Crippen LogP contribution in [0.1, 0.15) is 44.3 Å². The van der Waals surface area contributed by atoms with Gasteiger partial charge in [0.1, 0.15) is 11.6 Å². The van der Waals surface area contributed by atoms with Gasteiger partial charge in [-0.3, -0.25) is 0 Å². The molecule has 2 N–H and O–H groups in total. The van der Waals surface area contributed by atoms with Gasteiger partial charge < -0.3 is 10.6 Å². The van der Waals surface area contributed by atoms with Crippen LogP contribution in [0.25, 0.3) is 0 Å². The van der Waals surface area contributed by atoms with Crippen molar-refractivity contribution in [3.8, 4) is 0 Å². The molecule has 0 atom stereocenters. The zero-order valence-corrected chi connectivity index (χ0v) is 11.3. The lowest BCUT2D eigenvalue weighted by molar-refractivity contribution is 0.345. The van der Waals surface area contributed by atoms with Crippen molar-refractivity contribution < 1.29 is 0 Å². The molecule has 100 valence electrons. The van der Waals surface area contributed by atoms with Crippen LogP contribution >= 0.6 is 0 Å². The van der Waals surface area contributed by atoms with Gasteiger partial charge in [-0.05, 0) is 25.5 Å². The quantitative estimate of drug-likeness (QED) is 0.812. The topological polar surface area (TPSA) is 49.8 Å². The minimum absolute atomic E-state index is 0.720. The monoisotopic (exact) mass is 248 g/mol. The van der Waals surface area contributed by atoms with Gasteiger partial charge in [0.05, 0.1) is 6.54 Å². The molecule has 0 aromatic carbocycles. The van der Waals surface area contributed by atoms with Gasteiger partial charge in [0.15, 0.2) is 0 Å². The molecule has 1 aromatic rings. The van der Waals surface area contributed by atoms with E-state index >= 15 is 0 Å². The van der Waals surface area contributed by atoms with E-state index in [0.29, 0.717) is 0 Å². The Bertz CT molecular complexity index is 347. The fraction of sp³-hybridized carbons (Fsp3) is 0.714. The van der Waals surface area contributed by atoms with Crippen molar-refractivity contribution >= 4 is 5.82 Å². The third-order valence-corrected chi connectivity index (χ3v) is 3.62. The summed E-state index contributed by atoms with van der Waals surface area (Å²) in [4.78, 5) is 8.67. The first-order valence-electron chi connectivity index (χ1n) is 7.09.